The normalized spacial score (nSPS) is 14.3. The zero-order chi connectivity index (χ0) is 26.9. The maximum absolute atomic E-state index is 12.9. The van der Waals surface area contributed by atoms with Gasteiger partial charge in [0.25, 0.3) is 11.8 Å². The van der Waals surface area contributed by atoms with E-state index in [9.17, 15) is 9.59 Å². The fraction of sp³-hybridized carbons (Fsp3) is 0.143. The molecule has 194 valence electrons. The maximum Gasteiger partial charge on any atom is 0.277 e. The summed E-state index contributed by atoms with van der Waals surface area (Å²) in [6, 6.07) is 22.2. The van der Waals surface area contributed by atoms with Gasteiger partial charge >= 0.3 is 0 Å². The molecule has 10 heteroatoms. The lowest BCUT2D eigenvalue weighted by Gasteiger charge is -2.17. The summed E-state index contributed by atoms with van der Waals surface area (Å²) in [5.41, 5.74) is 6.12. The molecular formula is C28H26N4O4S2. The number of hydrogen-bond acceptors (Lipinski definition) is 8. The molecule has 1 heterocycles. The van der Waals surface area contributed by atoms with Crippen LogP contribution < -0.4 is 20.2 Å². The van der Waals surface area contributed by atoms with Gasteiger partial charge in [0.05, 0.1) is 24.9 Å². The fourth-order valence-corrected chi connectivity index (χ4v) is 4.69. The molecule has 0 unspecified atom stereocenters. The number of carbonyl (C=O) groups excluding carboxylic acids is 2. The van der Waals surface area contributed by atoms with E-state index >= 15 is 0 Å². The van der Waals surface area contributed by atoms with Crippen molar-refractivity contribution in [2.24, 2.45) is 5.10 Å². The molecule has 0 bridgehead atoms. The second-order valence-corrected chi connectivity index (χ2v) is 9.86. The number of methoxy groups -OCH3 is 1. The molecule has 0 spiro atoms. The van der Waals surface area contributed by atoms with Gasteiger partial charge in [0.2, 0.25) is 0 Å². The Kier molecular flexibility index (Phi) is 9.12. The van der Waals surface area contributed by atoms with Gasteiger partial charge in [0.15, 0.2) is 6.61 Å². The number of para-hydroxylation sites is 1. The molecule has 3 aromatic carbocycles. The molecule has 0 aromatic heterocycles. The van der Waals surface area contributed by atoms with Crippen molar-refractivity contribution >= 4 is 58.1 Å². The first kappa shape index (κ1) is 26.9. The second-order valence-electron chi connectivity index (χ2n) is 8.18. The number of hydrogen-bond donors (Lipinski definition) is 2. The maximum atomic E-state index is 12.9. The number of rotatable bonds is 10. The zero-order valence-electron chi connectivity index (χ0n) is 20.8. The highest BCUT2D eigenvalue weighted by atomic mass is 32.2. The van der Waals surface area contributed by atoms with E-state index in [1.807, 2.05) is 55.5 Å². The Balaban J connectivity index is 1.26. The SMILES string of the molecule is COc1ccc(/C=N/NC(=O)COc2ccc(/C=C3/SC(=S)N(CNc4ccccc4C)C3=O)cc2)cc1. The molecule has 2 N–H and O–H groups in total. The molecule has 2 amide bonds. The van der Waals surface area contributed by atoms with Crippen molar-refractivity contribution in [3.05, 3.63) is 94.4 Å². The van der Waals surface area contributed by atoms with Gasteiger partial charge in [-0.2, -0.15) is 5.10 Å². The van der Waals surface area contributed by atoms with E-state index in [2.05, 4.69) is 15.8 Å². The number of thiocarbonyl (C=S) groups is 1. The summed E-state index contributed by atoms with van der Waals surface area (Å²) < 4.78 is 11.1. The molecule has 1 fully saturated rings. The number of aryl methyl sites for hydroxylation is 1. The lowest BCUT2D eigenvalue weighted by atomic mass is 10.2. The summed E-state index contributed by atoms with van der Waals surface area (Å²) in [5.74, 6) is 0.730. The van der Waals surface area contributed by atoms with Crippen molar-refractivity contribution in [2.75, 3.05) is 25.7 Å². The molecule has 38 heavy (non-hydrogen) atoms. The van der Waals surface area contributed by atoms with Crippen LogP contribution >= 0.6 is 24.0 Å². The van der Waals surface area contributed by atoms with Crippen molar-refractivity contribution in [3.8, 4) is 11.5 Å². The van der Waals surface area contributed by atoms with Gasteiger partial charge in [-0.3, -0.25) is 14.5 Å². The van der Waals surface area contributed by atoms with Gasteiger partial charge in [-0.05, 0) is 72.2 Å². The van der Waals surface area contributed by atoms with Crippen LogP contribution in [-0.2, 0) is 9.59 Å². The summed E-state index contributed by atoms with van der Waals surface area (Å²) in [5, 5.41) is 7.20. The van der Waals surface area contributed by atoms with Crippen molar-refractivity contribution in [3.63, 3.8) is 0 Å². The third-order valence-corrected chi connectivity index (χ3v) is 6.89. The Hall–Kier alpha value is -4.15. The number of nitrogens with zero attached hydrogens (tertiary/aromatic N) is 2. The first-order valence-electron chi connectivity index (χ1n) is 11.7. The van der Waals surface area contributed by atoms with Gasteiger partial charge < -0.3 is 14.8 Å². The van der Waals surface area contributed by atoms with Crippen LogP contribution in [0, 0.1) is 6.92 Å². The van der Waals surface area contributed by atoms with E-state index in [-0.39, 0.29) is 18.4 Å². The largest absolute Gasteiger partial charge is 0.497 e. The van der Waals surface area contributed by atoms with E-state index in [4.69, 9.17) is 21.7 Å². The lowest BCUT2D eigenvalue weighted by Crippen LogP contribution is -2.33. The van der Waals surface area contributed by atoms with Gasteiger partial charge in [-0.1, -0.05) is 54.3 Å². The summed E-state index contributed by atoms with van der Waals surface area (Å²) >= 11 is 6.69. The van der Waals surface area contributed by atoms with Crippen LogP contribution in [0.5, 0.6) is 11.5 Å². The first-order chi connectivity index (χ1) is 18.4. The zero-order valence-corrected chi connectivity index (χ0v) is 22.5. The molecule has 0 radical (unpaired) electrons. The minimum Gasteiger partial charge on any atom is -0.497 e. The molecule has 1 aliphatic rings. The van der Waals surface area contributed by atoms with Crippen LogP contribution in [0.1, 0.15) is 16.7 Å². The van der Waals surface area contributed by atoms with Crippen LogP contribution in [0.2, 0.25) is 0 Å². The Labute approximate surface area is 230 Å². The fourth-order valence-electron chi connectivity index (χ4n) is 3.43. The van der Waals surface area contributed by atoms with E-state index in [0.717, 1.165) is 28.1 Å². The third kappa shape index (κ3) is 7.21. The van der Waals surface area contributed by atoms with Crippen molar-refractivity contribution < 1.29 is 19.1 Å². The van der Waals surface area contributed by atoms with Crippen molar-refractivity contribution in [2.45, 2.75) is 6.92 Å². The predicted octanol–water partition coefficient (Wildman–Crippen LogP) is 4.80. The second kappa shape index (κ2) is 12.9. The van der Waals surface area contributed by atoms with Crippen molar-refractivity contribution in [1.29, 1.82) is 0 Å². The summed E-state index contributed by atoms with van der Waals surface area (Å²) in [6.45, 7) is 2.11. The standard InChI is InChI=1S/C28H26N4O4S2/c1-19-5-3-4-6-24(19)29-18-32-27(34)25(38-28(32)37)15-20-7-13-23(14-8-20)36-17-26(33)31-30-16-21-9-11-22(35-2)12-10-21/h3-16,29H,17-18H2,1-2H3,(H,31,33)/b25-15+,30-16+. The lowest BCUT2D eigenvalue weighted by molar-refractivity contribution is -0.123. The number of amides is 2. The van der Waals surface area contributed by atoms with Crippen LogP contribution in [0.15, 0.2) is 82.8 Å². The smallest absolute Gasteiger partial charge is 0.277 e. The van der Waals surface area contributed by atoms with Crippen LogP contribution in [-0.4, -0.2) is 47.6 Å². The summed E-state index contributed by atoms with van der Waals surface area (Å²) in [6.07, 6.45) is 3.32. The molecule has 0 aliphatic carbocycles. The topological polar surface area (TPSA) is 92.3 Å². The van der Waals surface area contributed by atoms with E-state index in [1.165, 1.54) is 18.0 Å². The molecule has 4 rings (SSSR count). The van der Waals surface area contributed by atoms with Crippen LogP contribution in [0.3, 0.4) is 0 Å². The number of ether oxygens (including phenoxy) is 2. The van der Waals surface area contributed by atoms with Crippen LogP contribution in [0.25, 0.3) is 6.08 Å². The Morgan fingerprint density at radius 2 is 1.71 bits per heavy atom. The molecular weight excluding hydrogens is 520 g/mol. The third-order valence-electron chi connectivity index (χ3n) is 5.51. The number of carbonyl (C=O) groups is 2. The number of thioether (sulfide) groups is 1. The molecule has 1 aliphatic heterocycles. The highest BCUT2D eigenvalue weighted by Gasteiger charge is 2.31. The van der Waals surface area contributed by atoms with E-state index in [1.54, 1.807) is 42.4 Å². The monoisotopic (exact) mass is 546 g/mol. The van der Waals surface area contributed by atoms with Gasteiger partial charge in [-0.15, -0.1) is 0 Å². The Bertz CT molecular complexity index is 1370. The number of nitrogens with one attached hydrogen (secondary N) is 2. The van der Waals surface area contributed by atoms with Gasteiger partial charge in [-0.25, -0.2) is 5.43 Å². The highest BCUT2D eigenvalue weighted by Crippen LogP contribution is 2.32. The van der Waals surface area contributed by atoms with E-state index < -0.39 is 0 Å². The van der Waals surface area contributed by atoms with Crippen molar-refractivity contribution in [1.82, 2.24) is 10.3 Å². The average molecular weight is 547 g/mol. The minimum absolute atomic E-state index is 0.145. The quantitative estimate of drug-likeness (QED) is 0.163. The molecule has 8 nitrogen and oxygen atoms in total. The summed E-state index contributed by atoms with van der Waals surface area (Å²) in [7, 11) is 1.60. The molecule has 0 atom stereocenters. The Morgan fingerprint density at radius 3 is 2.42 bits per heavy atom. The van der Waals surface area contributed by atoms with E-state index in [0.29, 0.717) is 21.6 Å². The first-order valence-corrected chi connectivity index (χ1v) is 12.9. The molecule has 3 aromatic rings. The predicted molar refractivity (Wildman–Crippen MR) is 155 cm³/mol. The van der Waals surface area contributed by atoms with Crippen LogP contribution in [0.4, 0.5) is 5.69 Å². The molecule has 1 saturated heterocycles. The van der Waals surface area contributed by atoms with Gasteiger partial charge in [0.1, 0.15) is 15.8 Å². The summed E-state index contributed by atoms with van der Waals surface area (Å²) in [4.78, 5) is 27.0. The Morgan fingerprint density at radius 1 is 1.03 bits per heavy atom. The minimum atomic E-state index is -0.387. The number of benzene rings is 3. The van der Waals surface area contributed by atoms with Gasteiger partial charge in [0, 0.05) is 5.69 Å². The number of hydrazone groups is 1. The number of anilines is 1. The molecule has 0 saturated carbocycles. The highest BCUT2D eigenvalue weighted by molar-refractivity contribution is 8.26. The average Bonchev–Trinajstić information content (AvgIpc) is 3.19.